The van der Waals surface area contributed by atoms with Crippen molar-refractivity contribution in [1.29, 1.82) is 0 Å². The van der Waals surface area contributed by atoms with Crippen LogP contribution in [0, 0.1) is 23.7 Å². The molecule has 1 aromatic rings. The van der Waals surface area contributed by atoms with E-state index in [0.717, 1.165) is 5.56 Å². The van der Waals surface area contributed by atoms with Gasteiger partial charge in [0.05, 0.1) is 5.92 Å². The number of rotatable bonds is 3. The molecular formula is C15H16O2. The topological polar surface area (TPSA) is 34.1 Å². The van der Waals surface area contributed by atoms with E-state index in [4.69, 9.17) is 0 Å². The Morgan fingerprint density at radius 2 is 1.59 bits per heavy atom. The summed E-state index contributed by atoms with van der Waals surface area (Å²) in [6.07, 6.45) is 0. The fourth-order valence-corrected chi connectivity index (χ4v) is 1.79. The molecule has 0 aromatic heterocycles. The minimum Gasteiger partial charge on any atom is -0.299 e. The highest BCUT2D eigenvalue weighted by Crippen LogP contribution is 2.13. The number of benzene rings is 1. The van der Waals surface area contributed by atoms with Crippen LogP contribution in [0.3, 0.4) is 0 Å². The van der Waals surface area contributed by atoms with E-state index in [2.05, 4.69) is 11.8 Å². The minimum atomic E-state index is -0.605. The lowest BCUT2D eigenvalue weighted by Crippen LogP contribution is -2.25. The summed E-state index contributed by atoms with van der Waals surface area (Å²) in [6, 6.07) is 9.53. The Labute approximate surface area is 102 Å². The Hall–Kier alpha value is -1.88. The first kappa shape index (κ1) is 13.2. The van der Waals surface area contributed by atoms with E-state index in [1.165, 1.54) is 13.8 Å². The number of hydrogen-bond acceptors (Lipinski definition) is 2. The number of carbonyl (C=O) groups excluding carboxylic acids is 2. The van der Waals surface area contributed by atoms with Crippen molar-refractivity contribution >= 4 is 11.6 Å². The monoisotopic (exact) mass is 228 g/mol. The van der Waals surface area contributed by atoms with Gasteiger partial charge in [-0.2, -0.15) is 0 Å². The summed E-state index contributed by atoms with van der Waals surface area (Å²) < 4.78 is 0. The SMILES string of the molecule is CC(=O)C(C(C)=O)C(C)C#Cc1ccccc1. The number of Topliss-reactive ketones (excluding diaryl/α,β-unsaturated/α-hetero) is 2. The highest BCUT2D eigenvalue weighted by atomic mass is 16.1. The van der Waals surface area contributed by atoms with Gasteiger partial charge in [0.1, 0.15) is 11.6 Å². The van der Waals surface area contributed by atoms with Crippen molar-refractivity contribution in [2.75, 3.05) is 0 Å². The summed E-state index contributed by atoms with van der Waals surface area (Å²) in [5.74, 6) is 4.86. The Morgan fingerprint density at radius 1 is 1.06 bits per heavy atom. The summed E-state index contributed by atoms with van der Waals surface area (Å²) in [5.41, 5.74) is 0.894. The zero-order chi connectivity index (χ0) is 12.8. The van der Waals surface area contributed by atoms with Gasteiger partial charge in [-0.25, -0.2) is 0 Å². The number of ketones is 2. The third kappa shape index (κ3) is 3.88. The molecule has 0 saturated carbocycles. The molecule has 0 bridgehead atoms. The zero-order valence-electron chi connectivity index (χ0n) is 10.4. The molecular weight excluding hydrogens is 212 g/mol. The lowest BCUT2D eigenvalue weighted by Gasteiger charge is -2.12. The van der Waals surface area contributed by atoms with Gasteiger partial charge in [0, 0.05) is 11.5 Å². The Morgan fingerprint density at radius 3 is 2.06 bits per heavy atom. The van der Waals surface area contributed by atoms with Crippen molar-refractivity contribution in [3.63, 3.8) is 0 Å². The van der Waals surface area contributed by atoms with Crippen LogP contribution < -0.4 is 0 Å². The van der Waals surface area contributed by atoms with Crippen LogP contribution in [0.25, 0.3) is 0 Å². The van der Waals surface area contributed by atoms with Crippen molar-refractivity contribution in [1.82, 2.24) is 0 Å². The smallest absolute Gasteiger partial charge is 0.141 e. The van der Waals surface area contributed by atoms with Crippen LogP contribution in [0.1, 0.15) is 26.3 Å². The summed E-state index contributed by atoms with van der Waals surface area (Å²) in [7, 11) is 0. The quantitative estimate of drug-likeness (QED) is 0.588. The molecule has 2 nitrogen and oxygen atoms in total. The maximum Gasteiger partial charge on any atom is 0.141 e. The molecule has 0 aliphatic heterocycles. The van der Waals surface area contributed by atoms with Gasteiger partial charge in [-0.15, -0.1) is 0 Å². The van der Waals surface area contributed by atoms with Gasteiger partial charge in [-0.05, 0) is 26.0 Å². The molecule has 1 aromatic carbocycles. The molecule has 2 heteroatoms. The summed E-state index contributed by atoms with van der Waals surface area (Å²) in [6.45, 7) is 4.68. The highest BCUT2D eigenvalue weighted by Gasteiger charge is 2.24. The largest absolute Gasteiger partial charge is 0.299 e. The summed E-state index contributed by atoms with van der Waals surface area (Å²) in [5, 5.41) is 0. The molecule has 0 aliphatic carbocycles. The van der Waals surface area contributed by atoms with Crippen LogP contribution in [0.2, 0.25) is 0 Å². The van der Waals surface area contributed by atoms with E-state index in [1.807, 2.05) is 37.3 Å². The minimum absolute atomic E-state index is 0.118. The molecule has 0 N–H and O–H groups in total. The lowest BCUT2D eigenvalue weighted by molar-refractivity contribution is -0.131. The second-order valence-electron chi connectivity index (χ2n) is 4.12. The first-order valence-corrected chi connectivity index (χ1v) is 5.60. The average Bonchev–Trinajstić information content (AvgIpc) is 2.27. The van der Waals surface area contributed by atoms with Crippen LogP contribution in [0.5, 0.6) is 0 Å². The van der Waals surface area contributed by atoms with E-state index < -0.39 is 5.92 Å². The molecule has 0 heterocycles. The van der Waals surface area contributed by atoms with Crippen LogP contribution in [0.4, 0.5) is 0 Å². The lowest BCUT2D eigenvalue weighted by atomic mass is 9.88. The van der Waals surface area contributed by atoms with Gasteiger partial charge in [0.25, 0.3) is 0 Å². The first-order chi connectivity index (χ1) is 8.02. The molecule has 0 amide bonds. The van der Waals surface area contributed by atoms with Gasteiger partial charge >= 0.3 is 0 Å². The molecule has 0 spiro atoms. The second-order valence-corrected chi connectivity index (χ2v) is 4.12. The third-order valence-electron chi connectivity index (χ3n) is 2.59. The molecule has 0 radical (unpaired) electrons. The van der Waals surface area contributed by atoms with Gasteiger partial charge in [-0.1, -0.05) is 37.0 Å². The zero-order valence-corrected chi connectivity index (χ0v) is 10.4. The average molecular weight is 228 g/mol. The van der Waals surface area contributed by atoms with Crippen LogP contribution >= 0.6 is 0 Å². The molecule has 0 saturated heterocycles. The molecule has 0 aliphatic rings. The third-order valence-corrected chi connectivity index (χ3v) is 2.59. The van der Waals surface area contributed by atoms with Gasteiger partial charge in [-0.3, -0.25) is 9.59 Å². The maximum absolute atomic E-state index is 11.3. The summed E-state index contributed by atoms with van der Waals surface area (Å²) >= 11 is 0. The van der Waals surface area contributed by atoms with Crippen molar-refractivity contribution in [3.8, 4) is 11.8 Å². The van der Waals surface area contributed by atoms with Gasteiger partial charge < -0.3 is 0 Å². The number of hydrogen-bond donors (Lipinski definition) is 0. The van der Waals surface area contributed by atoms with E-state index in [0.29, 0.717) is 0 Å². The van der Waals surface area contributed by atoms with Crippen molar-refractivity contribution in [3.05, 3.63) is 35.9 Å². The van der Waals surface area contributed by atoms with E-state index in [9.17, 15) is 9.59 Å². The first-order valence-electron chi connectivity index (χ1n) is 5.60. The standard InChI is InChI=1S/C15H16O2/c1-11(15(12(2)16)13(3)17)9-10-14-7-5-4-6-8-14/h4-8,11,15H,1-3H3. The van der Waals surface area contributed by atoms with Crippen molar-refractivity contribution in [2.45, 2.75) is 20.8 Å². The molecule has 17 heavy (non-hydrogen) atoms. The van der Waals surface area contributed by atoms with E-state index in [-0.39, 0.29) is 17.5 Å². The Bertz CT molecular complexity index is 449. The fourth-order valence-electron chi connectivity index (χ4n) is 1.79. The van der Waals surface area contributed by atoms with Crippen LogP contribution in [0.15, 0.2) is 30.3 Å². The predicted molar refractivity (Wildman–Crippen MR) is 67.3 cm³/mol. The van der Waals surface area contributed by atoms with E-state index in [1.54, 1.807) is 0 Å². The molecule has 1 unspecified atom stereocenters. The van der Waals surface area contributed by atoms with Gasteiger partial charge in [0.2, 0.25) is 0 Å². The molecule has 88 valence electrons. The van der Waals surface area contributed by atoms with Crippen LogP contribution in [-0.2, 0) is 9.59 Å². The van der Waals surface area contributed by atoms with Crippen molar-refractivity contribution < 1.29 is 9.59 Å². The predicted octanol–water partition coefficient (Wildman–Crippen LogP) is 2.47. The maximum atomic E-state index is 11.3. The van der Waals surface area contributed by atoms with E-state index >= 15 is 0 Å². The highest BCUT2D eigenvalue weighted by molar-refractivity contribution is 6.00. The van der Waals surface area contributed by atoms with Crippen LogP contribution in [-0.4, -0.2) is 11.6 Å². The molecule has 1 rings (SSSR count). The Kier molecular flexibility index (Phi) is 4.66. The second kappa shape index (κ2) is 6.00. The fraction of sp³-hybridized carbons (Fsp3) is 0.333. The number of carbonyl (C=O) groups is 2. The molecule has 0 fully saturated rings. The van der Waals surface area contributed by atoms with Gasteiger partial charge in [0.15, 0.2) is 0 Å². The molecule has 1 atom stereocenters. The Balaban J connectivity index is 2.85. The summed E-state index contributed by atoms with van der Waals surface area (Å²) in [4.78, 5) is 22.7. The van der Waals surface area contributed by atoms with Crippen molar-refractivity contribution in [2.24, 2.45) is 11.8 Å². The normalized spacial score (nSPS) is 11.5.